The number of anilines is 2. The van der Waals surface area contributed by atoms with Gasteiger partial charge in [0.15, 0.2) is 0 Å². The van der Waals surface area contributed by atoms with E-state index in [9.17, 15) is 4.79 Å². The second-order valence-electron chi connectivity index (χ2n) is 4.89. The lowest BCUT2D eigenvalue weighted by atomic mass is 10.1. The lowest BCUT2D eigenvalue weighted by molar-refractivity contribution is 0.0963. The Labute approximate surface area is 118 Å². The van der Waals surface area contributed by atoms with E-state index in [4.69, 9.17) is 5.73 Å². The highest BCUT2D eigenvalue weighted by atomic mass is 32.2. The third-order valence-corrected chi connectivity index (χ3v) is 4.71. The van der Waals surface area contributed by atoms with Gasteiger partial charge < -0.3 is 16.4 Å². The maximum absolute atomic E-state index is 11.5. The van der Waals surface area contributed by atoms with E-state index < -0.39 is 0 Å². The average Bonchev–Trinajstić information content (AvgIpc) is 2.88. The second-order valence-corrected chi connectivity index (χ2v) is 6.03. The summed E-state index contributed by atoms with van der Waals surface area (Å²) in [6, 6.07) is 5.91. The highest BCUT2D eigenvalue weighted by Gasteiger charge is 2.24. The second kappa shape index (κ2) is 6.19. The zero-order valence-corrected chi connectivity index (χ0v) is 12.2. The molecule has 4 nitrogen and oxygen atoms in total. The number of nitrogen functional groups attached to an aromatic ring is 1. The van der Waals surface area contributed by atoms with Gasteiger partial charge in [0.05, 0.1) is 11.4 Å². The van der Waals surface area contributed by atoms with Crippen LogP contribution < -0.4 is 16.4 Å². The number of hydrogen-bond donors (Lipinski definition) is 3. The van der Waals surface area contributed by atoms with Crippen LogP contribution in [0, 0.1) is 0 Å². The Bertz CT molecular complexity index is 464. The number of carbonyl (C=O) groups is 1. The first-order valence-electron chi connectivity index (χ1n) is 6.55. The molecule has 0 spiro atoms. The average molecular weight is 279 g/mol. The van der Waals surface area contributed by atoms with Gasteiger partial charge in [0.1, 0.15) is 0 Å². The van der Waals surface area contributed by atoms with Crippen molar-refractivity contribution in [2.24, 2.45) is 0 Å². The third-order valence-electron chi connectivity index (χ3n) is 3.62. The van der Waals surface area contributed by atoms with Crippen LogP contribution in [0.4, 0.5) is 11.4 Å². The molecule has 2 unspecified atom stereocenters. The monoisotopic (exact) mass is 279 g/mol. The molecule has 1 amide bonds. The number of nitrogens with two attached hydrogens (primary N) is 1. The van der Waals surface area contributed by atoms with Crippen molar-refractivity contribution in [3.8, 4) is 0 Å². The van der Waals surface area contributed by atoms with Crippen molar-refractivity contribution in [3.63, 3.8) is 0 Å². The van der Waals surface area contributed by atoms with Gasteiger partial charge in [0.2, 0.25) is 0 Å². The summed E-state index contributed by atoms with van der Waals surface area (Å²) in [7, 11) is 1.62. The summed E-state index contributed by atoms with van der Waals surface area (Å²) < 4.78 is 0. The van der Waals surface area contributed by atoms with Crippen molar-refractivity contribution in [3.05, 3.63) is 23.8 Å². The molecule has 1 aliphatic carbocycles. The lowest BCUT2D eigenvalue weighted by Gasteiger charge is -2.16. The van der Waals surface area contributed by atoms with Crippen molar-refractivity contribution in [1.29, 1.82) is 0 Å². The molecule has 5 heteroatoms. The minimum Gasteiger partial charge on any atom is -0.397 e. The molecule has 104 valence electrons. The molecular formula is C14H21N3OS. The molecule has 0 radical (unpaired) electrons. The Balaban J connectivity index is 2.03. The fourth-order valence-electron chi connectivity index (χ4n) is 2.48. The summed E-state index contributed by atoms with van der Waals surface area (Å²) >= 11 is 1.94. The third kappa shape index (κ3) is 3.35. The fourth-order valence-corrected chi connectivity index (χ4v) is 3.28. The Morgan fingerprint density at radius 1 is 1.42 bits per heavy atom. The molecule has 1 aromatic carbocycles. The van der Waals surface area contributed by atoms with Gasteiger partial charge in [-0.1, -0.05) is 0 Å². The SMILES string of the molecule is CNC(=O)c1ccc(NC2CCC(SC)C2)c(N)c1. The van der Waals surface area contributed by atoms with Crippen molar-refractivity contribution < 1.29 is 4.79 Å². The van der Waals surface area contributed by atoms with E-state index in [1.807, 2.05) is 17.8 Å². The van der Waals surface area contributed by atoms with Crippen LogP contribution in [0.1, 0.15) is 29.6 Å². The Morgan fingerprint density at radius 3 is 2.79 bits per heavy atom. The molecule has 0 aliphatic heterocycles. The summed E-state index contributed by atoms with van der Waals surface area (Å²) in [5.74, 6) is -0.110. The Kier molecular flexibility index (Phi) is 4.58. The van der Waals surface area contributed by atoms with Crippen LogP contribution in [0.15, 0.2) is 18.2 Å². The molecule has 2 rings (SSSR count). The van der Waals surface area contributed by atoms with Crippen LogP contribution in [-0.4, -0.2) is 30.5 Å². The predicted octanol–water partition coefficient (Wildman–Crippen LogP) is 2.32. The quantitative estimate of drug-likeness (QED) is 0.740. The molecule has 19 heavy (non-hydrogen) atoms. The minimum absolute atomic E-state index is 0.110. The van der Waals surface area contributed by atoms with Gasteiger partial charge >= 0.3 is 0 Å². The van der Waals surface area contributed by atoms with Crippen molar-refractivity contribution in [2.75, 3.05) is 24.4 Å². The topological polar surface area (TPSA) is 67.2 Å². The first-order valence-corrected chi connectivity index (χ1v) is 7.83. The summed E-state index contributed by atoms with van der Waals surface area (Å²) in [5, 5.41) is 6.84. The van der Waals surface area contributed by atoms with E-state index in [1.54, 1.807) is 19.2 Å². The smallest absolute Gasteiger partial charge is 0.251 e. The molecule has 2 atom stereocenters. The van der Waals surface area contributed by atoms with Crippen molar-refractivity contribution in [2.45, 2.75) is 30.6 Å². The standard InChI is InChI=1S/C14H21N3OS/c1-16-14(18)9-3-6-13(12(15)7-9)17-10-4-5-11(8-10)19-2/h3,6-7,10-11,17H,4-5,8,15H2,1-2H3,(H,16,18). The predicted molar refractivity (Wildman–Crippen MR) is 82.8 cm³/mol. The molecule has 0 heterocycles. The van der Waals surface area contributed by atoms with Crippen molar-refractivity contribution >= 4 is 29.0 Å². The molecule has 1 fully saturated rings. The maximum Gasteiger partial charge on any atom is 0.251 e. The largest absolute Gasteiger partial charge is 0.397 e. The van der Waals surface area contributed by atoms with E-state index in [-0.39, 0.29) is 5.91 Å². The van der Waals surface area contributed by atoms with Gasteiger partial charge in [-0.15, -0.1) is 0 Å². The summed E-state index contributed by atoms with van der Waals surface area (Å²) in [5.41, 5.74) is 8.17. The fraction of sp³-hybridized carbons (Fsp3) is 0.500. The van der Waals surface area contributed by atoms with E-state index in [2.05, 4.69) is 16.9 Å². The molecule has 0 saturated heterocycles. The van der Waals surface area contributed by atoms with Crippen molar-refractivity contribution in [1.82, 2.24) is 5.32 Å². The zero-order chi connectivity index (χ0) is 13.8. The molecule has 0 bridgehead atoms. The molecule has 4 N–H and O–H groups in total. The number of benzene rings is 1. The maximum atomic E-state index is 11.5. The molecule has 1 saturated carbocycles. The Morgan fingerprint density at radius 2 is 2.21 bits per heavy atom. The number of thioether (sulfide) groups is 1. The molecule has 0 aromatic heterocycles. The van der Waals surface area contributed by atoms with Gasteiger partial charge in [-0.05, 0) is 43.7 Å². The van der Waals surface area contributed by atoms with E-state index >= 15 is 0 Å². The number of hydrogen-bond acceptors (Lipinski definition) is 4. The first-order chi connectivity index (χ1) is 9.13. The molecule has 1 aromatic rings. The van der Waals surface area contributed by atoms with E-state index in [1.165, 1.54) is 19.3 Å². The van der Waals surface area contributed by atoms with Gasteiger partial charge in [-0.25, -0.2) is 0 Å². The summed E-state index contributed by atoms with van der Waals surface area (Å²) in [6.45, 7) is 0. The van der Waals surface area contributed by atoms with Crippen LogP contribution in [0.5, 0.6) is 0 Å². The van der Waals surface area contributed by atoms with Gasteiger partial charge in [-0.2, -0.15) is 11.8 Å². The summed E-state index contributed by atoms with van der Waals surface area (Å²) in [4.78, 5) is 11.5. The number of rotatable bonds is 4. The van der Waals surface area contributed by atoms with Crippen LogP contribution >= 0.6 is 11.8 Å². The van der Waals surface area contributed by atoms with E-state index in [0.717, 1.165) is 10.9 Å². The van der Waals surface area contributed by atoms with Gasteiger partial charge in [-0.3, -0.25) is 4.79 Å². The minimum atomic E-state index is -0.110. The van der Waals surface area contributed by atoms with Crippen LogP contribution in [0.2, 0.25) is 0 Å². The molecule has 1 aliphatic rings. The van der Waals surface area contributed by atoms with Gasteiger partial charge in [0.25, 0.3) is 5.91 Å². The van der Waals surface area contributed by atoms with Crippen LogP contribution in [0.25, 0.3) is 0 Å². The number of carbonyl (C=O) groups excluding carboxylic acids is 1. The first kappa shape index (κ1) is 14.1. The highest BCUT2D eigenvalue weighted by Crippen LogP contribution is 2.31. The molecular weight excluding hydrogens is 258 g/mol. The zero-order valence-electron chi connectivity index (χ0n) is 11.4. The lowest BCUT2D eigenvalue weighted by Crippen LogP contribution is -2.19. The highest BCUT2D eigenvalue weighted by molar-refractivity contribution is 7.99. The summed E-state index contributed by atoms with van der Waals surface area (Å²) in [6.07, 6.45) is 5.79. The van der Waals surface area contributed by atoms with Crippen LogP contribution in [-0.2, 0) is 0 Å². The normalized spacial score (nSPS) is 22.2. The van der Waals surface area contributed by atoms with Crippen LogP contribution in [0.3, 0.4) is 0 Å². The Hall–Kier alpha value is -1.36. The van der Waals surface area contributed by atoms with Gasteiger partial charge in [0, 0.05) is 23.9 Å². The van der Waals surface area contributed by atoms with E-state index in [0.29, 0.717) is 17.3 Å². The number of nitrogens with one attached hydrogen (secondary N) is 2. The number of amides is 1.